The van der Waals surface area contributed by atoms with E-state index in [2.05, 4.69) is 4.98 Å². The molecule has 7 nitrogen and oxygen atoms in total. The molecule has 2 aliphatic rings. The molecule has 0 atom stereocenters. The van der Waals surface area contributed by atoms with Crippen LogP contribution in [-0.4, -0.2) is 46.7 Å². The minimum absolute atomic E-state index is 0.0602. The van der Waals surface area contributed by atoms with Crippen molar-refractivity contribution < 1.29 is 14.3 Å². The molecule has 8 heteroatoms. The molecule has 0 unspecified atom stereocenters. The van der Waals surface area contributed by atoms with Crippen molar-refractivity contribution in [1.82, 2.24) is 14.5 Å². The number of fused-ring (bicyclic) bond motifs is 2. The fourth-order valence-corrected chi connectivity index (χ4v) is 4.57. The number of rotatable bonds is 2. The Kier molecular flexibility index (Phi) is 4.90. The highest BCUT2D eigenvalue weighted by Gasteiger charge is 2.28. The molecule has 2 aliphatic heterocycles. The van der Waals surface area contributed by atoms with E-state index >= 15 is 0 Å². The summed E-state index contributed by atoms with van der Waals surface area (Å²) in [7, 11) is 0. The number of para-hydroxylation sites is 2. The number of likely N-dealkylation sites (tertiary alicyclic amines) is 1. The summed E-state index contributed by atoms with van der Waals surface area (Å²) >= 11 is 6.35. The Morgan fingerprint density at radius 2 is 1.87 bits per heavy atom. The molecule has 1 fully saturated rings. The van der Waals surface area contributed by atoms with Gasteiger partial charge in [0.05, 0.1) is 29.3 Å². The van der Waals surface area contributed by atoms with Gasteiger partial charge in [-0.15, -0.1) is 0 Å². The lowest BCUT2D eigenvalue weighted by Crippen LogP contribution is -2.40. The first-order chi connectivity index (χ1) is 14.6. The van der Waals surface area contributed by atoms with Gasteiger partial charge in [-0.3, -0.25) is 9.36 Å². The van der Waals surface area contributed by atoms with Crippen molar-refractivity contribution in [2.75, 3.05) is 26.3 Å². The highest BCUT2D eigenvalue weighted by molar-refractivity contribution is 6.32. The molecule has 2 aromatic carbocycles. The molecule has 1 N–H and O–H groups in total. The van der Waals surface area contributed by atoms with E-state index < -0.39 is 0 Å². The zero-order valence-electron chi connectivity index (χ0n) is 16.4. The molecule has 0 aliphatic carbocycles. The molecule has 0 radical (unpaired) electrons. The summed E-state index contributed by atoms with van der Waals surface area (Å²) in [6, 6.07) is 11.1. The summed E-state index contributed by atoms with van der Waals surface area (Å²) in [6.45, 7) is 2.22. The molecule has 156 valence electrons. The van der Waals surface area contributed by atoms with Crippen LogP contribution in [0.3, 0.4) is 0 Å². The van der Waals surface area contributed by atoms with Crippen LogP contribution in [-0.2, 0) is 0 Å². The van der Waals surface area contributed by atoms with E-state index in [0.717, 1.165) is 17.5 Å². The molecule has 1 saturated heterocycles. The number of halogens is 1. The first-order valence-corrected chi connectivity index (χ1v) is 10.6. The highest BCUT2D eigenvalue weighted by atomic mass is 35.5. The fraction of sp³-hybridized carbons (Fsp3) is 0.364. The first-order valence-electron chi connectivity index (χ1n) is 10.2. The first kappa shape index (κ1) is 19.1. The average molecular weight is 428 g/mol. The van der Waals surface area contributed by atoms with Gasteiger partial charge in [0.1, 0.15) is 0 Å². The van der Waals surface area contributed by atoms with Gasteiger partial charge in [0, 0.05) is 31.1 Å². The lowest BCUT2D eigenvalue weighted by atomic mass is 10.0. The van der Waals surface area contributed by atoms with Crippen LogP contribution in [0.25, 0.3) is 11.0 Å². The van der Waals surface area contributed by atoms with E-state index in [1.807, 2.05) is 33.7 Å². The molecule has 3 heterocycles. The third kappa shape index (κ3) is 3.33. The number of nitrogens with zero attached hydrogens (tertiary/aromatic N) is 2. The van der Waals surface area contributed by atoms with Crippen molar-refractivity contribution in [3.63, 3.8) is 0 Å². The van der Waals surface area contributed by atoms with Crippen molar-refractivity contribution in [3.05, 3.63) is 57.5 Å². The SMILES string of the molecule is O=C(c1cc(Cl)c2c(c1)OCCCO2)N1CCC(n2c(=O)[nH]c3ccccc32)CC1. The average Bonchev–Trinajstić information content (AvgIpc) is 2.92. The smallest absolute Gasteiger partial charge is 0.326 e. The van der Waals surface area contributed by atoms with Gasteiger partial charge in [-0.25, -0.2) is 4.79 Å². The van der Waals surface area contributed by atoms with Gasteiger partial charge >= 0.3 is 5.69 Å². The van der Waals surface area contributed by atoms with E-state index in [0.29, 0.717) is 61.2 Å². The van der Waals surface area contributed by atoms with Crippen LogP contribution in [0.4, 0.5) is 0 Å². The zero-order chi connectivity index (χ0) is 20.7. The Balaban J connectivity index is 1.34. The third-order valence-corrected chi connectivity index (χ3v) is 6.07. The normalized spacial score (nSPS) is 17.2. The highest BCUT2D eigenvalue weighted by Crippen LogP contribution is 2.38. The minimum Gasteiger partial charge on any atom is -0.489 e. The molecule has 0 spiro atoms. The number of ether oxygens (including phenoxy) is 2. The number of H-pyrrole nitrogens is 1. The fourth-order valence-electron chi connectivity index (χ4n) is 4.30. The maximum absolute atomic E-state index is 13.1. The third-order valence-electron chi connectivity index (χ3n) is 5.79. The molecule has 5 rings (SSSR count). The van der Waals surface area contributed by atoms with Crippen molar-refractivity contribution >= 4 is 28.5 Å². The Morgan fingerprint density at radius 3 is 2.70 bits per heavy atom. The van der Waals surface area contributed by atoms with Crippen LogP contribution in [0.2, 0.25) is 5.02 Å². The van der Waals surface area contributed by atoms with Crippen LogP contribution in [0, 0.1) is 0 Å². The quantitative estimate of drug-likeness (QED) is 0.677. The van der Waals surface area contributed by atoms with Crippen LogP contribution in [0.1, 0.15) is 35.7 Å². The number of hydrogen-bond acceptors (Lipinski definition) is 4. The number of aromatic amines is 1. The van der Waals surface area contributed by atoms with Gasteiger partial charge in [0.15, 0.2) is 11.5 Å². The lowest BCUT2D eigenvalue weighted by molar-refractivity contribution is 0.0694. The number of carbonyl (C=O) groups is 1. The van der Waals surface area contributed by atoms with E-state index in [1.165, 1.54) is 0 Å². The molecule has 3 aromatic rings. The second kappa shape index (κ2) is 7.72. The van der Waals surface area contributed by atoms with Crippen LogP contribution in [0.15, 0.2) is 41.2 Å². The molecular formula is C22H22ClN3O4. The number of amides is 1. The van der Waals surface area contributed by atoms with Gasteiger partial charge < -0.3 is 19.4 Å². The predicted molar refractivity (Wildman–Crippen MR) is 114 cm³/mol. The van der Waals surface area contributed by atoms with E-state index in [4.69, 9.17) is 21.1 Å². The van der Waals surface area contributed by atoms with Crippen molar-refractivity contribution in [3.8, 4) is 11.5 Å². The standard InChI is InChI=1S/C22H22ClN3O4/c23-16-12-14(13-19-20(16)30-11-3-10-29-19)21(27)25-8-6-15(7-9-25)26-18-5-2-1-4-17(18)24-22(26)28/h1-2,4-5,12-13,15H,3,6-11H2,(H,24,28). The van der Waals surface area contributed by atoms with Crippen LogP contribution in [0.5, 0.6) is 11.5 Å². The number of aromatic nitrogens is 2. The molecule has 30 heavy (non-hydrogen) atoms. The van der Waals surface area contributed by atoms with Crippen LogP contribution >= 0.6 is 11.6 Å². The summed E-state index contributed by atoms with van der Waals surface area (Å²) in [5, 5.41) is 0.387. The van der Waals surface area contributed by atoms with Gasteiger partial charge in [-0.05, 0) is 37.1 Å². The number of imidazole rings is 1. The summed E-state index contributed by atoms with van der Waals surface area (Å²) in [4.78, 5) is 30.3. The van der Waals surface area contributed by atoms with Crippen molar-refractivity contribution in [2.24, 2.45) is 0 Å². The zero-order valence-corrected chi connectivity index (χ0v) is 17.2. The van der Waals surface area contributed by atoms with Gasteiger partial charge in [-0.1, -0.05) is 23.7 Å². The van der Waals surface area contributed by atoms with E-state index in [-0.39, 0.29) is 17.6 Å². The van der Waals surface area contributed by atoms with Crippen molar-refractivity contribution in [1.29, 1.82) is 0 Å². The maximum Gasteiger partial charge on any atom is 0.326 e. The van der Waals surface area contributed by atoms with Gasteiger partial charge in [0.2, 0.25) is 0 Å². The summed E-state index contributed by atoms with van der Waals surface area (Å²) in [6.07, 6.45) is 2.20. The predicted octanol–water partition coefficient (Wildman–Crippen LogP) is 3.62. The van der Waals surface area contributed by atoms with E-state index in [9.17, 15) is 9.59 Å². The van der Waals surface area contributed by atoms with Gasteiger partial charge in [0.25, 0.3) is 5.91 Å². The van der Waals surface area contributed by atoms with E-state index in [1.54, 1.807) is 12.1 Å². The Morgan fingerprint density at radius 1 is 1.10 bits per heavy atom. The van der Waals surface area contributed by atoms with Crippen molar-refractivity contribution in [2.45, 2.75) is 25.3 Å². The maximum atomic E-state index is 13.1. The second-order valence-electron chi connectivity index (χ2n) is 7.68. The molecule has 1 aromatic heterocycles. The monoisotopic (exact) mass is 427 g/mol. The number of piperidine rings is 1. The second-order valence-corrected chi connectivity index (χ2v) is 8.08. The summed E-state index contributed by atoms with van der Waals surface area (Å²) in [5.41, 5.74) is 2.13. The Hall–Kier alpha value is -2.93. The molecule has 0 bridgehead atoms. The molecule has 1 amide bonds. The Labute approximate surface area is 178 Å². The summed E-state index contributed by atoms with van der Waals surface area (Å²) < 4.78 is 13.2. The number of carbonyl (C=O) groups excluding carboxylic acids is 1. The number of nitrogens with one attached hydrogen (secondary N) is 1. The summed E-state index contributed by atoms with van der Waals surface area (Å²) in [5.74, 6) is 0.934. The minimum atomic E-state index is -0.101. The number of benzene rings is 2. The van der Waals surface area contributed by atoms with Crippen LogP contribution < -0.4 is 15.2 Å². The number of hydrogen-bond donors (Lipinski definition) is 1. The lowest BCUT2D eigenvalue weighted by Gasteiger charge is -2.32. The Bertz CT molecular complexity index is 1160. The topological polar surface area (TPSA) is 76.6 Å². The molecule has 0 saturated carbocycles. The molecular weight excluding hydrogens is 406 g/mol. The largest absolute Gasteiger partial charge is 0.489 e. The van der Waals surface area contributed by atoms with Gasteiger partial charge in [-0.2, -0.15) is 0 Å².